The fourth-order valence-electron chi connectivity index (χ4n) is 2.87. The van der Waals surface area contributed by atoms with Gasteiger partial charge in [-0.2, -0.15) is 0 Å². The molecule has 0 aromatic rings. The van der Waals surface area contributed by atoms with Crippen LogP contribution in [-0.4, -0.2) is 36.5 Å². The molecule has 86 valence electrons. The first-order chi connectivity index (χ1) is 7.33. The summed E-state index contributed by atoms with van der Waals surface area (Å²) in [4.78, 5) is 14.0. The first kappa shape index (κ1) is 10.9. The van der Waals surface area contributed by atoms with E-state index in [1.807, 2.05) is 0 Å². The van der Waals surface area contributed by atoms with Crippen molar-refractivity contribution in [3.05, 3.63) is 0 Å². The molecule has 1 N–H and O–H groups in total. The quantitative estimate of drug-likeness (QED) is 0.763. The summed E-state index contributed by atoms with van der Waals surface area (Å²) in [5, 5.41) is 3.44. The Labute approximate surface area is 92.2 Å². The third kappa shape index (κ3) is 2.33. The number of nitrogens with zero attached hydrogens (tertiary/aromatic N) is 1. The lowest BCUT2D eigenvalue weighted by atomic mass is 9.84. The zero-order valence-corrected chi connectivity index (χ0v) is 9.67. The van der Waals surface area contributed by atoms with E-state index in [4.69, 9.17) is 0 Å². The van der Waals surface area contributed by atoms with Gasteiger partial charge >= 0.3 is 0 Å². The zero-order valence-electron chi connectivity index (χ0n) is 9.67. The van der Waals surface area contributed by atoms with Gasteiger partial charge in [0, 0.05) is 19.0 Å². The normalized spacial score (nSPS) is 31.5. The SMILES string of the molecule is CCCCN1C(=O)CC[C@H]2CNCC[C@H]21. The van der Waals surface area contributed by atoms with Gasteiger partial charge in [0.25, 0.3) is 0 Å². The van der Waals surface area contributed by atoms with E-state index in [1.54, 1.807) is 0 Å². The van der Waals surface area contributed by atoms with E-state index in [9.17, 15) is 4.79 Å². The maximum absolute atomic E-state index is 11.9. The fourth-order valence-corrected chi connectivity index (χ4v) is 2.87. The summed E-state index contributed by atoms with van der Waals surface area (Å²) < 4.78 is 0. The van der Waals surface area contributed by atoms with Crippen LogP contribution in [0.1, 0.15) is 39.0 Å². The van der Waals surface area contributed by atoms with E-state index in [-0.39, 0.29) is 0 Å². The molecule has 2 rings (SSSR count). The van der Waals surface area contributed by atoms with Crippen LogP contribution in [0.3, 0.4) is 0 Å². The number of unbranched alkanes of at least 4 members (excludes halogenated alkanes) is 1. The van der Waals surface area contributed by atoms with E-state index >= 15 is 0 Å². The van der Waals surface area contributed by atoms with Crippen molar-refractivity contribution >= 4 is 5.91 Å². The maximum atomic E-state index is 11.9. The Morgan fingerprint density at radius 2 is 2.33 bits per heavy atom. The van der Waals surface area contributed by atoms with Gasteiger partial charge in [0.05, 0.1) is 0 Å². The largest absolute Gasteiger partial charge is 0.339 e. The van der Waals surface area contributed by atoms with Crippen LogP contribution in [-0.2, 0) is 4.79 Å². The van der Waals surface area contributed by atoms with Crippen LogP contribution in [0.4, 0.5) is 0 Å². The third-order valence-electron chi connectivity index (χ3n) is 3.77. The molecule has 0 aromatic heterocycles. The average Bonchev–Trinajstić information content (AvgIpc) is 2.28. The molecule has 2 fully saturated rings. The summed E-state index contributed by atoms with van der Waals surface area (Å²) in [5.74, 6) is 1.11. The monoisotopic (exact) mass is 210 g/mol. The minimum absolute atomic E-state index is 0.395. The molecule has 3 heteroatoms. The predicted molar refractivity (Wildman–Crippen MR) is 60.6 cm³/mol. The molecule has 1 amide bonds. The van der Waals surface area contributed by atoms with Crippen LogP contribution in [0, 0.1) is 5.92 Å². The summed E-state index contributed by atoms with van der Waals surface area (Å²) in [5.41, 5.74) is 0. The highest BCUT2D eigenvalue weighted by atomic mass is 16.2. The zero-order chi connectivity index (χ0) is 10.7. The molecule has 0 spiro atoms. The standard InChI is InChI=1S/C12H22N2O/c1-2-3-8-14-11-6-7-13-9-10(11)4-5-12(14)15/h10-11,13H,2-9H2,1H3/t10-,11+/m0/s1. The Bertz CT molecular complexity index is 230. The summed E-state index contributed by atoms with van der Waals surface area (Å²) >= 11 is 0. The predicted octanol–water partition coefficient (Wildman–Crippen LogP) is 1.39. The minimum Gasteiger partial charge on any atom is -0.339 e. The lowest BCUT2D eigenvalue weighted by Gasteiger charge is -2.44. The number of fused-ring (bicyclic) bond motifs is 1. The Morgan fingerprint density at radius 1 is 1.47 bits per heavy atom. The second-order valence-electron chi connectivity index (χ2n) is 4.80. The molecule has 0 bridgehead atoms. The van der Waals surface area contributed by atoms with Gasteiger partial charge in [-0.05, 0) is 38.3 Å². The van der Waals surface area contributed by atoms with Crippen LogP contribution >= 0.6 is 0 Å². The van der Waals surface area contributed by atoms with Crippen molar-refractivity contribution in [1.82, 2.24) is 10.2 Å². The number of nitrogens with one attached hydrogen (secondary N) is 1. The average molecular weight is 210 g/mol. The molecule has 2 aliphatic heterocycles. The van der Waals surface area contributed by atoms with Crippen LogP contribution in [0.15, 0.2) is 0 Å². The number of likely N-dealkylation sites (tertiary alicyclic amines) is 1. The number of carbonyl (C=O) groups is 1. The number of hydrogen-bond donors (Lipinski definition) is 1. The van der Waals surface area contributed by atoms with Crippen molar-refractivity contribution in [1.29, 1.82) is 0 Å². The highest BCUT2D eigenvalue weighted by Crippen LogP contribution is 2.28. The van der Waals surface area contributed by atoms with Crippen molar-refractivity contribution in [2.45, 2.75) is 45.1 Å². The first-order valence-electron chi connectivity index (χ1n) is 6.33. The Balaban J connectivity index is 1.99. The number of piperidine rings is 2. The summed E-state index contributed by atoms with van der Waals surface area (Å²) in [7, 11) is 0. The highest BCUT2D eigenvalue weighted by Gasteiger charge is 2.36. The third-order valence-corrected chi connectivity index (χ3v) is 3.77. The van der Waals surface area contributed by atoms with Crippen molar-refractivity contribution < 1.29 is 4.79 Å². The number of amides is 1. The van der Waals surface area contributed by atoms with Crippen LogP contribution in [0.5, 0.6) is 0 Å². The van der Waals surface area contributed by atoms with Gasteiger partial charge in [0.1, 0.15) is 0 Å². The molecule has 0 aromatic carbocycles. The topological polar surface area (TPSA) is 32.3 Å². The van der Waals surface area contributed by atoms with Crippen LogP contribution in [0.2, 0.25) is 0 Å². The molecule has 2 aliphatic rings. The summed E-state index contributed by atoms with van der Waals surface area (Å²) in [6.45, 7) is 5.36. The van der Waals surface area contributed by atoms with Gasteiger partial charge in [-0.1, -0.05) is 13.3 Å². The molecule has 0 saturated carbocycles. The van der Waals surface area contributed by atoms with Gasteiger partial charge in [-0.3, -0.25) is 4.79 Å². The molecule has 2 saturated heterocycles. The van der Waals surface area contributed by atoms with Crippen molar-refractivity contribution in [2.75, 3.05) is 19.6 Å². The van der Waals surface area contributed by atoms with Gasteiger partial charge in [-0.15, -0.1) is 0 Å². The van der Waals surface area contributed by atoms with Gasteiger partial charge in [0.15, 0.2) is 0 Å². The van der Waals surface area contributed by atoms with E-state index < -0.39 is 0 Å². The minimum atomic E-state index is 0.395. The van der Waals surface area contributed by atoms with E-state index in [0.29, 0.717) is 17.9 Å². The Hall–Kier alpha value is -0.570. The molecule has 0 aliphatic carbocycles. The molecular weight excluding hydrogens is 188 g/mol. The lowest BCUT2D eigenvalue weighted by Crippen LogP contribution is -2.55. The van der Waals surface area contributed by atoms with E-state index in [0.717, 1.165) is 45.3 Å². The molecule has 3 nitrogen and oxygen atoms in total. The van der Waals surface area contributed by atoms with Crippen LogP contribution < -0.4 is 5.32 Å². The molecule has 2 heterocycles. The number of hydrogen-bond acceptors (Lipinski definition) is 2. The lowest BCUT2D eigenvalue weighted by molar-refractivity contribution is -0.139. The van der Waals surface area contributed by atoms with Gasteiger partial charge < -0.3 is 10.2 Å². The second-order valence-corrected chi connectivity index (χ2v) is 4.80. The number of carbonyl (C=O) groups excluding carboxylic acids is 1. The van der Waals surface area contributed by atoms with Crippen molar-refractivity contribution in [2.24, 2.45) is 5.92 Å². The summed E-state index contributed by atoms with van der Waals surface area (Å²) in [6.07, 6.45) is 5.35. The summed E-state index contributed by atoms with van der Waals surface area (Å²) in [6, 6.07) is 0.541. The molecule has 2 atom stereocenters. The van der Waals surface area contributed by atoms with Gasteiger partial charge in [-0.25, -0.2) is 0 Å². The number of rotatable bonds is 3. The first-order valence-corrected chi connectivity index (χ1v) is 6.33. The Kier molecular flexibility index (Phi) is 3.62. The highest BCUT2D eigenvalue weighted by molar-refractivity contribution is 5.77. The maximum Gasteiger partial charge on any atom is 0.222 e. The fraction of sp³-hybridized carbons (Fsp3) is 0.917. The van der Waals surface area contributed by atoms with Gasteiger partial charge in [0.2, 0.25) is 5.91 Å². The molecule has 15 heavy (non-hydrogen) atoms. The molecule has 0 radical (unpaired) electrons. The van der Waals surface area contributed by atoms with E-state index in [2.05, 4.69) is 17.1 Å². The second kappa shape index (κ2) is 4.97. The van der Waals surface area contributed by atoms with E-state index in [1.165, 1.54) is 6.42 Å². The molecular formula is C12H22N2O. The molecule has 0 unspecified atom stereocenters. The van der Waals surface area contributed by atoms with Crippen molar-refractivity contribution in [3.63, 3.8) is 0 Å². The van der Waals surface area contributed by atoms with Crippen LogP contribution in [0.25, 0.3) is 0 Å². The Morgan fingerprint density at radius 3 is 3.13 bits per heavy atom. The smallest absolute Gasteiger partial charge is 0.222 e. The van der Waals surface area contributed by atoms with Crippen molar-refractivity contribution in [3.8, 4) is 0 Å².